The van der Waals surface area contributed by atoms with Gasteiger partial charge in [-0.3, -0.25) is 14.4 Å². The van der Waals surface area contributed by atoms with Crippen LogP contribution in [-0.4, -0.2) is 40.4 Å². The summed E-state index contributed by atoms with van der Waals surface area (Å²) < 4.78 is 0. The monoisotopic (exact) mass is 374 g/mol. The largest absolute Gasteiger partial charge is 0.481 e. The minimum absolute atomic E-state index is 0.0127. The van der Waals surface area contributed by atoms with Crippen LogP contribution in [0.15, 0.2) is 24.3 Å². The van der Waals surface area contributed by atoms with Crippen LogP contribution in [0.4, 0.5) is 5.69 Å². The van der Waals surface area contributed by atoms with E-state index in [1.54, 1.807) is 43.0 Å². The van der Waals surface area contributed by atoms with E-state index < -0.39 is 17.4 Å². The number of carbonyl (C=O) groups excluding carboxylic acids is 2. The average Bonchev–Trinajstić information content (AvgIpc) is 3.03. The van der Waals surface area contributed by atoms with Crippen molar-refractivity contribution in [1.82, 2.24) is 4.90 Å². The van der Waals surface area contributed by atoms with Gasteiger partial charge in [-0.1, -0.05) is 32.9 Å². The van der Waals surface area contributed by atoms with Gasteiger partial charge in [0.15, 0.2) is 0 Å². The number of nitrogens with one attached hydrogen (secondary N) is 1. The molecule has 1 heterocycles. The highest BCUT2D eigenvalue weighted by molar-refractivity contribution is 5.97. The highest BCUT2D eigenvalue weighted by atomic mass is 16.4. The second kappa shape index (κ2) is 7.71. The molecule has 0 aliphatic carbocycles. The quantitative estimate of drug-likeness (QED) is 0.827. The molecule has 2 amide bonds. The van der Waals surface area contributed by atoms with Crippen molar-refractivity contribution < 1.29 is 19.5 Å². The number of rotatable bonds is 5. The zero-order chi connectivity index (χ0) is 20.4. The van der Waals surface area contributed by atoms with Gasteiger partial charge < -0.3 is 15.3 Å². The summed E-state index contributed by atoms with van der Waals surface area (Å²) in [6.45, 7) is 9.92. The maximum Gasteiger partial charge on any atom is 0.313 e. The molecule has 27 heavy (non-hydrogen) atoms. The third kappa shape index (κ3) is 5.08. The molecule has 1 aromatic carbocycles. The fourth-order valence-electron chi connectivity index (χ4n) is 3.21. The summed E-state index contributed by atoms with van der Waals surface area (Å²) in [5.41, 5.74) is 0.147. The molecule has 1 unspecified atom stereocenters. The van der Waals surface area contributed by atoms with Crippen molar-refractivity contribution in [2.45, 2.75) is 65.3 Å². The molecule has 148 valence electrons. The predicted molar refractivity (Wildman–Crippen MR) is 105 cm³/mol. The lowest BCUT2D eigenvalue weighted by atomic mass is 9.85. The van der Waals surface area contributed by atoms with Crippen molar-refractivity contribution in [3.05, 3.63) is 29.8 Å². The van der Waals surface area contributed by atoms with Crippen LogP contribution in [-0.2, 0) is 19.8 Å². The number of hydrogen-bond acceptors (Lipinski definition) is 3. The second-order valence-corrected chi connectivity index (χ2v) is 8.98. The molecule has 0 bridgehead atoms. The molecule has 2 N–H and O–H groups in total. The first-order valence-electron chi connectivity index (χ1n) is 9.36. The van der Waals surface area contributed by atoms with Crippen molar-refractivity contribution >= 4 is 23.5 Å². The Balaban J connectivity index is 2.06. The fraction of sp³-hybridized carbons (Fsp3) is 0.571. The molecule has 6 nitrogen and oxygen atoms in total. The van der Waals surface area contributed by atoms with Gasteiger partial charge in [-0.2, -0.15) is 0 Å². The van der Waals surface area contributed by atoms with Crippen molar-refractivity contribution in [3.63, 3.8) is 0 Å². The molecule has 0 aromatic heterocycles. The summed E-state index contributed by atoms with van der Waals surface area (Å²) >= 11 is 0. The van der Waals surface area contributed by atoms with E-state index in [-0.39, 0.29) is 17.2 Å². The molecular formula is C21H30N2O4. The average molecular weight is 374 g/mol. The third-order valence-electron chi connectivity index (χ3n) is 4.97. The number of anilines is 1. The number of aliphatic carboxylic acids is 1. The number of benzene rings is 1. The first-order valence-corrected chi connectivity index (χ1v) is 9.36. The Morgan fingerprint density at radius 1 is 1.11 bits per heavy atom. The third-order valence-corrected chi connectivity index (χ3v) is 4.97. The summed E-state index contributed by atoms with van der Waals surface area (Å²) in [4.78, 5) is 38.3. The fourth-order valence-corrected chi connectivity index (χ4v) is 3.21. The topological polar surface area (TPSA) is 86.7 Å². The van der Waals surface area contributed by atoms with Crippen molar-refractivity contribution in [2.24, 2.45) is 5.41 Å². The maximum absolute atomic E-state index is 12.7. The summed E-state index contributed by atoms with van der Waals surface area (Å²) in [5.74, 6) is -1.09. The van der Waals surface area contributed by atoms with E-state index >= 15 is 0 Å². The van der Waals surface area contributed by atoms with Crippen LogP contribution in [0.25, 0.3) is 0 Å². The molecule has 1 aliphatic heterocycles. The van der Waals surface area contributed by atoms with E-state index in [1.807, 2.05) is 20.8 Å². The molecule has 1 aromatic rings. The van der Waals surface area contributed by atoms with Gasteiger partial charge in [-0.05, 0) is 49.8 Å². The van der Waals surface area contributed by atoms with E-state index in [0.29, 0.717) is 30.6 Å². The van der Waals surface area contributed by atoms with Crippen LogP contribution in [0.5, 0.6) is 0 Å². The van der Waals surface area contributed by atoms with Crippen LogP contribution in [0.2, 0.25) is 0 Å². The molecule has 0 radical (unpaired) electrons. The lowest BCUT2D eigenvalue weighted by molar-refractivity contribution is -0.142. The van der Waals surface area contributed by atoms with Crippen molar-refractivity contribution in [2.75, 3.05) is 11.9 Å². The lowest BCUT2D eigenvalue weighted by Crippen LogP contribution is -2.44. The Hall–Kier alpha value is -2.37. The SMILES string of the molecule is CC(C)(C)CC(=O)N1CCCC1C(=O)Nc1ccc(C(C)(C)C(=O)O)cc1. The van der Waals surface area contributed by atoms with E-state index in [4.69, 9.17) is 0 Å². The highest BCUT2D eigenvalue weighted by Gasteiger charge is 2.35. The number of nitrogens with zero attached hydrogens (tertiary/aromatic N) is 1. The van der Waals surface area contributed by atoms with Gasteiger partial charge in [0, 0.05) is 18.7 Å². The normalized spacial score (nSPS) is 17.7. The molecule has 1 atom stereocenters. The van der Waals surface area contributed by atoms with Gasteiger partial charge >= 0.3 is 5.97 Å². The maximum atomic E-state index is 12.7. The molecule has 1 saturated heterocycles. The first-order chi connectivity index (χ1) is 12.4. The van der Waals surface area contributed by atoms with E-state index in [1.165, 1.54) is 0 Å². The molecular weight excluding hydrogens is 344 g/mol. The number of amides is 2. The molecule has 1 fully saturated rings. The van der Waals surface area contributed by atoms with E-state index in [0.717, 1.165) is 6.42 Å². The Morgan fingerprint density at radius 2 is 1.70 bits per heavy atom. The minimum Gasteiger partial charge on any atom is -0.481 e. The molecule has 1 aliphatic rings. The first kappa shape index (κ1) is 20.9. The lowest BCUT2D eigenvalue weighted by Gasteiger charge is -2.27. The Morgan fingerprint density at radius 3 is 2.22 bits per heavy atom. The minimum atomic E-state index is -0.996. The van der Waals surface area contributed by atoms with Crippen LogP contribution in [0.3, 0.4) is 0 Å². The summed E-state index contributed by atoms with van der Waals surface area (Å²) in [7, 11) is 0. The predicted octanol–water partition coefficient (Wildman–Crippen LogP) is 3.41. The number of hydrogen-bond donors (Lipinski definition) is 2. The molecule has 0 saturated carbocycles. The van der Waals surface area contributed by atoms with Gasteiger partial charge in [0.25, 0.3) is 0 Å². The van der Waals surface area contributed by atoms with Gasteiger partial charge in [0.1, 0.15) is 6.04 Å². The summed E-state index contributed by atoms with van der Waals surface area (Å²) in [6.07, 6.45) is 1.89. The molecule has 6 heteroatoms. The Labute approximate surface area is 160 Å². The van der Waals surface area contributed by atoms with Crippen LogP contribution in [0.1, 0.15) is 59.4 Å². The van der Waals surface area contributed by atoms with Crippen molar-refractivity contribution in [3.8, 4) is 0 Å². The molecule has 2 rings (SSSR count). The van der Waals surface area contributed by atoms with Gasteiger partial charge in [-0.15, -0.1) is 0 Å². The van der Waals surface area contributed by atoms with E-state index in [9.17, 15) is 19.5 Å². The Kier molecular flexibility index (Phi) is 5.97. The standard InChI is InChI=1S/C21H30N2O4/c1-20(2,3)13-17(24)23-12-6-7-16(23)18(25)22-15-10-8-14(9-11-15)21(4,5)19(26)27/h8-11,16H,6-7,12-13H2,1-5H3,(H,22,25)(H,26,27). The van der Waals surface area contributed by atoms with Crippen molar-refractivity contribution in [1.29, 1.82) is 0 Å². The van der Waals surface area contributed by atoms with Gasteiger partial charge in [-0.25, -0.2) is 0 Å². The number of carboxylic acids is 1. The van der Waals surface area contributed by atoms with E-state index in [2.05, 4.69) is 5.32 Å². The zero-order valence-electron chi connectivity index (χ0n) is 16.8. The highest BCUT2D eigenvalue weighted by Crippen LogP contribution is 2.27. The number of carbonyl (C=O) groups is 3. The van der Waals surface area contributed by atoms with Crippen LogP contribution < -0.4 is 5.32 Å². The van der Waals surface area contributed by atoms with Gasteiger partial charge in [0.2, 0.25) is 11.8 Å². The summed E-state index contributed by atoms with van der Waals surface area (Å²) in [5, 5.41) is 12.2. The van der Waals surface area contributed by atoms with Gasteiger partial charge in [0.05, 0.1) is 5.41 Å². The smallest absolute Gasteiger partial charge is 0.313 e. The van der Waals surface area contributed by atoms with Crippen LogP contribution >= 0.6 is 0 Å². The summed E-state index contributed by atoms with van der Waals surface area (Å²) in [6, 6.07) is 6.37. The van der Waals surface area contributed by atoms with Crippen LogP contribution in [0, 0.1) is 5.41 Å². The second-order valence-electron chi connectivity index (χ2n) is 8.98. The Bertz CT molecular complexity index is 717. The molecule has 0 spiro atoms. The number of carboxylic acid groups (broad SMARTS) is 1. The zero-order valence-corrected chi connectivity index (χ0v) is 16.8. The number of likely N-dealkylation sites (tertiary alicyclic amines) is 1.